The third-order valence-corrected chi connectivity index (χ3v) is 11.8. The van der Waals surface area contributed by atoms with Crippen molar-refractivity contribution in [1.82, 2.24) is 19.5 Å². The molecule has 0 aliphatic heterocycles. The molecule has 11 aromatic rings. The van der Waals surface area contributed by atoms with Gasteiger partial charge in [-0.1, -0.05) is 158 Å². The summed E-state index contributed by atoms with van der Waals surface area (Å²) < 4.78 is 5.03. The first-order valence-electron chi connectivity index (χ1n) is 18.8. The fraction of sp³-hybridized carbons (Fsp3) is 0. The number of fused-ring (bicyclic) bond motifs is 6. The van der Waals surface area contributed by atoms with Gasteiger partial charge in [-0.2, -0.15) is 0 Å². The number of nitrogens with zero attached hydrogens (tertiary/aromatic N) is 4. The molecule has 0 bridgehead atoms. The molecule has 0 spiro atoms. The molecule has 0 amide bonds. The second-order valence-electron chi connectivity index (χ2n) is 14.0. The molecule has 4 nitrogen and oxygen atoms in total. The number of para-hydroxylation sites is 1. The summed E-state index contributed by atoms with van der Waals surface area (Å²) in [5.41, 5.74) is 10.9. The molecule has 0 radical (unpaired) electrons. The lowest BCUT2D eigenvalue weighted by Gasteiger charge is -2.12. The standard InChI is InChI=1S/C51H32N4S/c1-3-14-33(15-4-1)38-18-7-8-20-41(38)51-53-49(35-16-5-2-6-17-35)52-50(54-51)36-28-26-34(27-29-36)39-22-13-24-45-48(39)42-21-9-11-23-44(42)55(45)37-30-31-47-43(32-37)40-19-10-12-25-46(40)56-47/h1-32H. The van der Waals surface area contributed by atoms with Gasteiger partial charge in [0, 0.05) is 53.3 Å². The van der Waals surface area contributed by atoms with Crippen molar-refractivity contribution < 1.29 is 0 Å². The number of rotatable bonds is 6. The Morgan fingerprint density at radius 3 is 1.66 bits per heavy atom. The SMILES string of the molecule is c1ccc(-c2nc(-c3ccc(-c4cccc5c4c4ccccc4n5-c4ccc5sc6ccccc6c5c4)cc3)nc(-c3ccccc3-c3ccccc3)n2)cc1. The summed E-state index contributed by atoms with van der Waals surface area (Å²) in [4.78, 5) is 15.2. The number of hydrogen-bond donors (Lipinski definition) is 0. The molecular weight excluding hydrogens is 701 g/mol. The second kappa shape index (κ2) is 13.3. The molecule has 0 unspecified atom stereocenters. The summed E-state index contributed by atoms with van der Waals surface area (Å²) in [6.45, 7) is 0. The summed E-state index contributed by atoms with van der Waals surface area (Å²) in [7, 11) is 0. The first kappa shape index (κ1) is 32.2. The van der Waals surface area contributed by atoms with Crippen molar-refractivity contribution in [3.8, 4) is 62.1 Å². The Kier molecular flexibility index (Phi) is 7.64. The monoisotopic (exact) mass is 732 g/mol. The third-order valence-electron chi connectivity index (χ3n) is 10.7. The Labute approximate surface area is 327 Å². The molecule has 0 atom stereocenters. The maximum Gasteiger partial charge on any atom is 0.164 e. The van der Waals surface area contributed by atoms with Crippen molar-refractivity contribution in [2.45, 2.75) is 0 Å². The van der Waals surface area contributed by atoms with Gasteiger partial charge in [0.1, 0.15) is 0 Å². The smallest absolute Gasteiger partial charge is 0.164 e. The molecule has 8 aromatic carbocycles. The zero-order valence-corrected chi connectivity index (χ0v) is 31.0. The van der Waals surface area contributed by atoms with E-state index < -0.39 is 0 Å². The molecule has 262 valence electrons. The Hall–Kier alpha value is -7.21. The normalized spacial score (nSPS) is 11.6. The Morgan fingerprint density at radius 1 is 0.339 bits per heavy atom. The van der Waals surface area contributed by atoms with Crippen LogP contribution in [0, 0.1) is 0 Å². The van der Waals surface area contributed by atoms with E-state index in [0.29, 0.717) is 17.5 Å². The minimum absolute atomic E-state index is 0.634. The van der Waals surface area contributed by atoms with Gasteiger partial charge in [0.15, 0.2) is 17.5 Å². The van der Waals surface area contributed by atoms with E-state index in [2.05, 4.69) is 156 Å². The van der Waals surface area contributed by atoms with Crippen LogP contribution in [-0.2, 0) is 0 Å². The minimum Gasteiger partial charge on any atom is -0.309 e. The molecule has 3 heterocycles. The maximum absolute atomic E-state index is 5.13. The highest BCUT2D eigenvalue weighted by molar-refractivity contribution is 7.25. The average Bonchev–Trinajstić information content (AvgIpc) is 3.82. The Balaban J connectivity index is 1.04. The van der Waals surface area contributed by atoms with Gasteiger partial charge in [-0.25, -0.2) is 15.0 Å². The molecular formula is C51H32N4S. The molecule has 56 heavy (non-hydrogen) atoms. The molecule has 0 aliphatic rings. The third kappa shape index (κ3) is 5.40. The lowest BCUT2D eigenvalue weighted by Crippen LogP contribution is -2.01. The van der Waals surface area contributed by atoms with E-state index in [9.17, 15) is 0 Å². The minimum atomic E-state index is 0.634. The Morgan fingerprint density at radius 2 is 0.875 bits per heavy atom. The molecule has 5 heteroatoms. The van der Waals surface area contributed by atoms with E-state index in [1.54, 1.807) is 0 Å². The van der Waals surface area contributed by atoms with Gasteiger partial charge in [-0.3, -0.25) is 0 Å². The first-order valence-corrected chi connectivity index (χ1v) is 19.6. The van der Waals surface area contributed by atoms with Crippen molar-refractivity contribution in [3.05, 3.63) is 194 Å². The van der Waals surface area contributed by atoms with E-state index in [0.717, 1.165) is 39.1 Å². The van der Waals surface area contributed by atoms with Crippen LogP contribution in [0.4, 0.5) is 0 Å². The van der Waals surface area contributed by atoms with Crippen molar-refractivity contribution in [2.75, 3.05) is 0 Å². The molecule has 0 fully saturated rings. The van der Waals surface area contributed by atoms with E-state index >= 15 is 0 Å². The van der Waals surface area contributed by atoms with Crippen molar-refractivity contribution in [3.63, 3.8) is 0 Å². The molecule has 11 rings (SSSR count). The first-order chi connectivity index (χ1) is 27.8. The van der Waals surface area contributed by atoms with E-state index in [4.69, 9.17) is 15.0 Å². The van der Waals surface area contributed by atoms with Crippen LogP contribution in [0.2, 0.25) is 0 Å². The van der Waals surface area contributed by atoms with Crippen LogP contribution < -0.4 is 0 Å². The van der Waals surface area contributed by atoms with Gasteiger partial charge in [-0.15, -0.1) is 11.3 Å². The lowest BCUT2D eigenvalue weighted by atomic mass is 9.98. The molecule has 0 saturated carbocycles. The molecule has 3 aromatic heterocycles. The van der Waals surface area contributed by atoms with Gasteiger partial charge in [-0.05, 0) is 58.7 Å². The summed E-state index contributed by atoms with van der Waals surface area (Å²) in [6.07, 6.45) is 0. The van der Waals surface area contributed by atoms with Crippen LogP contribution in [0.1, 0.15) is 0 Å². The summed E-state index contributed by atoms with van der Waals surface area (Å²) in [6, 6.07) is 68.5. The average molecular weight is 733 g/mol. The van der Waals surface area contributed by atoms with E-state index in [1.807, 2.05) is 53.8 Å². The van der Waals surface area contributed by atoms with Gasteiger partial charge in [0.2, 0.25) is 0 Å². The van der Waals surface area contributed by atoms with Crippen LogP contribution in [0.5, 0.6) is 0 Å². The van der Waals surface area contributed by atoms with Crippen LogP contribution in [0.3, 0.4) is 0 Å². The summed E-state index contributed by atoms with van der Waals surface area (Å²) >= 11 is 1.85. The van der Waals surface area contributed by atoms with Crippen molar-refractivity contribution in [2.24, 2.45) is 0 Å². The van der Waals surface area contributed by atoms with Crippen molar-refractivity contribution in [1.29, 1.82) is 0 Å². The largest absolute Gasteiger partial charge is 0.309 e. The summed E-state index contributed by atoms with van der Waals surface area (Å²) in [5, 5.41) is 5.06. The number of thiophene rings is 1. The fourth-order valence-electron chi connectivity index (χ4n) is 8.08. The fourth-order valence-corrected chi connectivity index (χ4v) is 9.17. The van der Waals surface area contributed by atoms with E-state index in [1.165, 1.54) is 47.5 Å². The van der Waals surface area contributed by atoms with Gasteiger partial charge in [0.05, 0.1) is 11.0 Å². The van der Waals surface area contributed by atoms with Gasteiger partial charge < -0.3 is 4.57 Å². The summed E-state index contributed by atoms with van der Waals surface area (Å²) in [5.74, 6) is 1.92. The zero-order chi connectivity index (χ0) is 37.0. The highest BCUT2D eigenvalue weighted by atomic mass is 32.1. The number of aromatic nitrogens is 4. The quantitative estimate of drug-likeness (QED) is 0.171. The highest BCUT2D eigenvalue weighted by Gasteiger charge is 2.19. The molecule has 0 N–H and O–H groups in total. The number of benzene rings is 8. The number of hydrogen-bond acceptors (Lipinski definition) is 4. The highest BCUT2D eigenvalue weighted by Crippen LogP contribution is 2.41. The Bertz CT molecular complexity index is 3240. The maximum atomic E-state index is 5.13. The van der Waals surface area contributed by atoms with Crippen LogP contribution >= 0.6 is 11.3 Å². The van der Waals surface area contributed by atoms with Crippen LogP contribution in [-0.4, -0.2) is 19.5 Å². The van der Waals surface area contributed by atoms with Crippen LogP contribution in [0.15, 0.2) is 194 Å². The predicted octanol–water partition coefficient (Wildman–Crippen LogP) is 13.7. The lowest BCUT2D eigenvalue weighted by molar-refractivity contribution is 1.07. The van der Waals surface area contributed by atoms with Gasteiger partial charge >= 0.3 is 0 Å². The van der Waals surface area contributed by atoms with Crippen LogP contribution in [0.25, 0.3) is 104 Å². The molecule has 0 aliphatic carbocycles. The zero-order valence-electron chi connectivity index (χ0n) is 30.2. The van der Waals surface area contributed by atoms with Gasteiger partial charge in [0.25, 0.3) is 0 Å². The van der Waals surface area contributed by atoms with Crippen molar-refractivity contribution >= 4 is 53.3 Å². The topological polar surface area (TPSA) is 43.6 Å². The second-order valence-corrected chi connectivity index (χ2v) is 15.1. The predicted molar refractivity (Wildman–Crippen MR) is 234 cm³/mol. The van der Waals surface area contributed by atoms with E-state index in [-0.39, 0.29) is 0 Å². The molecule has 0 saturated heterocycles.